The predicted octanol–water partition coefficient (Wildman–Crippen LogP) is 4.52. The Balaban J connectivity index is 3.26. The molecule has 0 aliphatic rings. The maximum atomic E-state index is 11.7. The topological polar surface area (TPSA) is 63.3 Å². The number of hydrogen-bond donors (Lipinski definition) is 2. The van der Waals surface area contributed by atoms with Gasteiger partial charge >= 0.3 is 0 Å². The van der Waals surface area contributed by atoms with Crippen molar-refractivity contribution in [3.63, 3.8) is 0 Å². The number of Topliss-reactive ketones (excluding diaryl/α,β-unsaturated/α-hetero) is 1. The first-order valence-corrected chi connectivity index (χ1v) is 9.25. The van der Waals surface area contributed by atoms with E-state index in [1.165, 1.54) is 38.5 Å². The van der Waals surface area contributed by atoms with Crippen molar-refractivity contribution in [3.8, 4) is 0 Å². The van der Waals surface area contributed by atoms with Gasteiger partial charge in [0.05, 0.1) is 6.10 Å². The summed E-state index contributed by atoms with van der Waals surface area (Å²) in [6, 6.07) is 0. The molecular weight excluding hydrogens is 274 g/mol. The first kappa shape index (κ1) is 21.3. The van der Waals surface area contributed by atoms with Crippen LogP contribution in [0.3, 0.4) is 0 Å². The van der Waals surface area contributed by atoms with E-state index in [-0.39, 0.29) is 0 Å². The van der Waals surface area contributed by atoms with Crippen LogP contribution in [0.5, 0.6) is 0 Å². The molecular formula is C19H37NO2. The highest BCUT2D eigenvalue weighted by Crippen LogP contribution is 2.10. The van der Waals surface area contributed by atoms with Gasteiger partial charge in [0.15, 0.2) is 0 Å². The van der Waals surface area contributed by atoms with E-state index in [0.29, 0.717) is 18.7 Å². The molecule has 0 amide bonds. The van der Waals surface area contributed by atoms with Crippen molar-refractivity contribution in [1.82, 2.24) is 0 Å². The van der Waals surface area contributed by atoms with Crippen LogP contribution < -0.4 is 5.73 Å². The summed E-state index contributed by atoms with van der Waals surface area (Å²) < 4.78 is 0. The molecule has 0 heterocycles. The third-order valence-electron chi connectivity index (χ3n) is 3.98. The summed E-state index contributed by atoms with van der Waals surface area (Å²) in [6.45, 7) is 2.54. The van der Waals surface area contributed by atoms with Crippen LogP contribution in [0.15, 0.2) is 12.2 Å². The van der Waals surface area contributed by atoms with E-state index in [0.717, 1.165) is 38.5 Å². The second-order valence-corrected chi connectivity index (χ2v) is 6.25. The van der Waals surface area contributed by atoms with Gasteiger partial charge in [0.1, 0.15) is 5.78 Å². The average Bonchev–Trinajstić information content (AvgIpc) is 2.52. The van der Waals surface area contributed by atoms with Crippen LogP contribution in [0.25, 0.3) is 0 Å². The number of aliphatic hydroxyl groups excluding tert-OH is 1. The third-order valence-corrected chi connectivity index (χ3v) is 3.98. The minimum absolute atomic E-state index is 0.330. The van der Waals surface area contributed by atoms with Crippen molar-refractivity contribution in [1.29, 1.82) is 0 Å². The first-order chi connectivity index (χ1) is 10.7. The van der Waals surface area contributed by atoms with Gasteiger partial charge in [-0.3, -0.25) is 4.79 Å². The van der Waals surface area contributed by atoms with E-state index >= 15 is 0 Å². The van der Waals surface area contributed by atoms with Crippen LogP contribution in [0.1, 0.15) is 90.4 Å². The third kappa shape index (κ3) is 15.7. The Morgan fingerprint density at radius 1 is 0.955 bits per heavy atom. The number of unbranched alkanes of at least 4 members (excludes halogenated alkanes) is 8. The largest absolute Gasteiger partial charge is 0.391 e. The second-order valence-electron chi connectivity index (χ2n) is 6.25. The number of ketones is 1. The Morgan fingerprint density at radius 2 is 1.55 bits per heavy atom. The SMILES string of the molecule is CCCCCCCC(=O)CCCCCC/C=C/C[C@H](O)CN. The standard InChI is InChI=1S/C19H37NO2/c1-2-3-4-8-11-14-18(21)15-12-9-6-5-7-10-13-16-19(22)17-20/h10,13,19,22H,2-9,11-12,14-17,20H2,1H3/b13-10+/t19-/m0/s1. The summed E-state index contributed by atoms with van der Waals surface area (Å²) in [7, 11) is 0. The average molecular weight is 312 g/mol. The van der Waals surface area contributed by atoms with Crippen molar-refractivity contribution in [3.05, 3.63) is 12.2 Å². The van der Waals surface area contributed by atoms with Crippen LogP contribution in [0, 0.1) is 0 Å². The van der Waals surface area contributed by atoms with Gasteiger partial charge in [0, 0.05) is 19.4 Å². The molecule has 130 valence electrons. The van der Waals surface area contributed by atoms with Crippen molar-refractivity contribution in [2.45, 2.75) is 96.5 Å². The van der Waals surface area contributed by atoms with Gasteiger partial charge in [0.2, 0.25) is 0 Å². The molecule has 1 atom stereocenters. The van der Waals surface area contributed by atoms with Gasteiger partial charge in [-0.05, 0) is 32.1 Å². The number of rotatable bonds is 16. The van der Waals surface area contributed by atoms with Gasteiger partial charge in [0.25, 0.3) is 0 Å². The Morgan fingerprint density at radius 3 is 2.14 bits per heavy atom. The summed E-state index contributed by atoms with van der Waals surface area (Å²) in [5.74, 6) is 0.451. The lowest BCUT2D eigenvalue weighted by atomic mass is 10.0. The molecule has 0 bridgehead atoms. The Labute approximate surface area is 137 Å². The van der Waals surface area contributed by atoms with E-state index in [9.17, 15) is 9.90 Å². The van der Waals surface area contributed by atoms with Crippen LogP contribution in [0.2, 0.25) is 0 Å². The summed E-state index contributed by atoms with van der Waals surface area (Å²) in [5, 5.41) is 9.28. The molecule has 22 heavy (non-hydrogen) atoms. The number of carbonyl (C=O) groups excluding carboxylic acids is 1. The Hall–Kier alpha value is -0.670. The van der Waals surface area contributed by atoms with Gasteiger partial charge < -0.3 is 10.8 Å². The van der Waals surface area contributed by atoms with Crippen molar-refractivity contribution in [2.75, 3.05) is 6.54 Å². The zero-order chi connectivity index (χ0) is 16.5. The highest BCUT2D eigenvalue weighted by molar-refractivity contribution is 5.78. The number of nitrogens with two attached hydrogens (primary N) is 1. The van der Waals surface area contributed by atoms with Crippen LogP contribution >= 0.6 is 0 Å². The number of aliphatic hydroxyl groups is 1. The molecule has 0 unspecified atom stereocenters. The summed E-state index contributed by atoms with van der Waals surface area (Å²) in [6.07, 6.45) is 17.7. The molecule has 0 saturated heterocycles. The second kappa shape index (κ2) is 16.7. The monoisotopic (exact) mass is 311 g/mol. The highest BCUT2D eigenvalue weighted by Gasteiger charge is 2.01. The number of carbonyl (C=O) groups is 1. The maximum absolute atomic E-state index is 11.7. The smallest absolute Gasteiger partial charge is 0.132 e. The number of allylic oxidation sites excluding steroid dienone is 1. The van der Waals surface area contributed by atoms with Gasteiger partial charge in [-0.2, -0.15) is 0 Å². The molecule has 0 radical (unpaired) electrons. The van der Waals surface area contributed by atoms with Crippen molar-refractivity contribution >= 4 is 5.78 Å². The van der Waals surface area contributed by atoms with Crippen LogP contribution in [-0.2, 0) is 4.79 Å². The molecule has 0 aliphatic carbocycles. The minimum atomic E-state index is -0.399. The molecule has 0 fully saturated rings. The predicted molar refractivity (Wildman–Crippen MR) is 94.9 cm³/mol. The Bertz CT molecular complexity index is 277. The Kier molecular flexibility index (Phi) is 16.2. The molecule has 0 aliphatic heterocycles. The number of hydrogen-bond acceptors (Lipinski definition) is 3. The normalized spacial score (nSPS) is 12.9. The van der Waals surface area contributed by atoms with Gasteiger partial charge in [-0.25, -0.2) is 0 Å². The maximum Gasteiger partial charge on any atom is 0.132 e. The lowest BCUT2D eigenvalue weighted by Gasteiger charge is -2.02. The molecule has 3 nitrogen and oxygen atoms in total. The van der Waals surface area contributed by atoms with E-state index in [4.69, 9.17) is 5.73 Å². The highest BCUT2D eigenvalue weighted by atomic mass is 16.3. The molecule has 0 saturated carbocycles. The lowest BCUT2D eigenvalue weighted by Crippen LogP contribution is -2.18. The lowest BCUT2D eigenvalue weighted by molar-refractivity contribution is -0.119. The zero-order valence-electron chi connectivity index (χ0n) is 14.6. The van der Waals surface area contributed by atoms with Crippen LogP contribution in [0.4, 0.5) is 0 Å². The fraction of sp³-hybridized carbons (Fsp3) is 0.842. The van der Waals surface area contributed by atoms with Crippen molar-refractivity contribution < 1.29 is 9.90 Å². The van der Waals surface area contributed by atoms with E-state index in [1.54, 1.807) is 0 Å². The molecule has 0 rings (SSSR count). The molecule has 3 heteroatoms. The fourth-order valence-electron chi connectivity index (χ4n) is 2.46. The van der Waals surface area contributed by atoms with E-state index < -0.39 is 6.10 Å². The van der Waals surface area contributed by atoms with E-state index in [1.807, 2.05) is 6.08 Å². The summed E-state index contributed by atoms with van der Waals surface area (Å²) in [4.78, 5) is 11.7. The molecule has 0 aromatic carbocycles. The molecule has 0 aromatic heterocycles. The quantitative estimate of drug-likeness (QED) is 0.325. The first-order valence-electron chi connectivity index (χ1n) is 9.25. The summed E-state index contributed by atoms with van der Waals surface area (Å²) in [5.41, 5.74) is 5.33. The van der Waals surface area contributed by atoms with Crippen molar-refractivity contribution in [2.24, 2.45) is 5.73 Å². The molecule has 0 spiro atoms. The molecule has 3 N–H and O–H groups in total. The fourth-order valence-corrected chi connectivity index (χ4v) is 2.46. The van der Waals surface area contributed by atoms with Crippen LogP contribution in [-0.4, -0.2) is 23.5 Å². The minimum Gasteiger partial charge on any atom is -0.391 e. The molecule has 0 aromatic rings. The van der Waals surface area contributed by atoms with Gasteiger partial charge in [-0.1, -0.05) is 57.6 Å². The zero-order valence-corrected chi connectivity index (χ0v) is 14.6. The van der Waals surface area contributed by atoms with Gasteiger partial charge in [-0.15, -0.1) is 0 Å². The van der Waals surface area contributed by atoms with E-state index in [2.05, 4.69) is 13.0 Å². The summed E-state index contributed by atoms with van der Waals surface area (Å²) >= 11 is 0.